The minimum absolute atomic E-state index is 0.0500. The third-order valence-electron chi connectivity index (χ3n) is 5.23. The number of nitrogens with one attached hydrogen (secondary N) is 2. The Balaban J connectivity index is 1.81. The molecule has 1 fully saturated rings. The van der Waals surface area contributed by atoms with Crippen molar-refractivity contribution in [3.8, 4) is 0 Å². The van der Waals surface area contributed by atoms with Crippen LogP contribution in [0.3, 0.4) is 0 Å². The first kappa shape index (κ1) is 30.5. The van der Waals surface area contributed by atoms with E-state index in [0.717, 1.165) is 38.5 Å². The summed E-state index contributed by atoms with van der Waals surface area (Å²) in [5, 5.41) is 1.85. The molecule has 0 saturated heterocycles. The van der Waals surface area contributed by atoms with Gasteiger partial charge < -0.3 is 0 Å². The number of hydrogen-bond donors (Lipinski definition) is 2. The average molecular weight is 703 g/mol. The van der Waals surface area contributed by atoms with Gasteiger partial charge >= 0.3 is 0 Å². The van der Waals surface area contributed by atoms with Crippen LogP contribution in [-0.4, -0.2) is 12.1 Å². The van der Waals surface area contributed by atoms with E-state index in [1.165, 1.54) is 23.9 Å². The fourth-order valence-electron chi connectivity index (χ4n) is 3.38. The molecule has 0 aromatic heterocycles. The number of halogens is 10. The van der Waals surface area contributed by atoms with Crippen molar-refractivity contribution in [3.63, 3.8) is 0 Å². The van der Waals surface area contributed by atoms with Crippen LogP contribution in [0, 0.1) is 0 Å². The van der Waals surface area contributed by atoms with Gasteiger partial charge in [-0.05, 0) is 36.7 Å². The Morgan fingerprint density at radius 1 is 0.412 bits per heavy atom. The Bertz CT molecular complexity index is 927. The maximum absolute atomic E-state index is 6.40. The highest BCUT2D eigenvalue weighted by Crippen LogP contribution is 2.49. The Labute approximate surface area is 257 Å². The molecule has 34 heavy (non-hydrogen) atoms. The van der Waals surface area contributed by atoms with Gasteiger partial charge in [-0.2, -0.15) is 0 Å². The molecule has 3 rings (SSSR count). The van der Waals surface area contributed by atoms with Crippen LogP contribution in [0.15, 0.2) is 9.79 Å². The predicted molar refractivity (Wildman–Crippen MR) is 156 cm³/mol. The highest BCUT2D eigenvalue weighted by Gasteiger charge is 2.27. The predicted octanol–water partition coefficient (Wildman–Crippen LogP) is 12.2. The second kappa shape index (κ2) is 13.8. The zero-order valence-corrected chi connectivity index (χ0v) is 26.2. The second-order valence-corrected chi connectivity index (χ2v) is 12.9. The van der Waals surface area contributed by atoms with Crippen molar-refractivity contribution in [1.29, 1.82) is 0 Å². The molecule has 14 heteroatoms. The third-order valence-corrected chi connectivity index (χ3v) is 12.3. The van der Waals surface area contributed by atoms with E-state index in [-0.39, 0.29) is 62.3 Å². The van der Waals surface area contributed by atoms with Gasteiger partial charge in [0.15, 0.2) is 0 Å². The molecule has 0 radical (unpaired) electrons. The van der Waals surface area contributed by atoms with Crippen LogP contribution >= 0.6 is 140 Å². The highest BCUT2D eigenvalue weighted by molar-refractivity contribution is 7.98. The Morgan fingerprint density at radius 2 is 0.676 bits per heavy atom. The van der Waals surface area contributed by atoms with Crippen LogP contribution in [0.4, 0.5) is 0 Å². The normalized spacial score (nSPS) is 19.2. The van der Waals surface area contributed by atoms with E-state index in [0.29, 0.717) is 9.79 Å². The summed E-state index contributed by atoms with van der Waals surface area (Å²) in [5.74, 6) is 0. The maximum Gasteiger partial charge on any atom is 0.0809 e. The molecule has 0 bridgehead atoms. The lowest BCUT2D eigenvalue weighted by atomic mass is 9.93. The lowest BCUT2D eigenvalue weighted by molar-refractivity contribution is 0.374. The molecule has 2 aromatic rings. The van der Waals surface area contributed by atoms with E-state index in [9.17, 15) is 0 Å². The van der Waals surface area contributed by atoms with Gasteiger partial charge in [-0.15, -0.1) is 0 Å². The fraction of sp³-hybridized carbons (Fsp3) is 0.400. The molecule has 1 saturated carbocycles. The lowest BCUT2D eigenvalue weighted by Crippen LogP contribution is -2.44. The largest absolute Gasteiger partial charge is 0.255 e. The first-order valence-electron chi connectivity index (χ1n) is 9.93. The van der Waals surface area contributed by atoms with E-state index < -0.39 is 0 Å². The van der Waals surface area contributed by atoms with Gasteiger partial charge in [0.1, 0.15) is 0 Å². The minimum Gasteiger partial charge on any atom is -0.255 e. The summed E-state index contributed by atoms with van der Waals surface area (Å²) < 4.78 is 6.96. The molecule has 2 unspecified atom stereocenters. The van der Waals surface area contributed by atoms with Gasteiger partial charge in [0.05, 0.1) is 60.0 Å². The first-order chi connectivity index (χ1) is 16.1. The average Bonchev–Trinajstić information content (AvgIpc) is 2.81. The molecule has 2 aromatic carbocycles. The monoisotopic (exact) mass is 698 g/mol. The molecular weight excluding hydrogens is 687 g/mol. The van der Waals surface area contributed by atoms with Crippen molar-refractivity contribution in [1.82, 2.24) is 9.44 Å². The van der Waals surface area contributed by atoms with Crippen LogP contribution in [0.5, 0.6) is 0 Å². The topological polar surface area (TPSA) is 24.1 Å². The molecule has 188 valence electrons. The van der Waals surface area contributed by atoms with Crippen molar-refractivity contribution in [3.05, 3.63) is 50.2 Å². The summed E-state index contributed by atoms with van der Waals surface area (Å²) in [6.07, 6.45) is 6.26. The van der Waals surface area contributed by atoms with Gasteiger partial charge in [-0.25, -0.2) is 0 Å². The molecule has 1 aliphatic carbocycles. The van der Waals surface area contributed by atoms with Crippen LogP contribution < -0.4 is 9.44 Å². The zero-order valence-electron chi connectivity index (χ0n) is 17.0. The standard InChI is InChI=1S/C20H16Cl10N2S2/c21-9-11(23)15(27)19(16(28)12(9)24)33-31-7-5-3-1-2-4-6-8(7)32-34-20-17(29)13(25)10(22)14(26)18(20)30/h7-8,31-32H,1-6H2. The number of benzene rings is 2. The van der Waals surface area contributed by atoms with Gasteiger partial charge in [0, 0.05) is 12.1 Å². The van der Waals surface area contributed by atoms with E-state index in [4.69, 9.17) is 116 Å². The van der Waals surface area contributed by atoms with Crippen molar-refractivity contribution >= 4 is 140 Å². The van der Waals surface area contributed by atoms with Crippen molar-refractivity contribution < 1.29 is 0 Å². The van der Waals surface area contributed by atoms with Crippen molar-refractivity contribution in [2.24, 2.45) is 0 Å². The van der Waals surface area contributed by atoms with E-state index in [1.54, 1.807) is 0 Å². The molecular formula is C20H16Cl10N2S2. The molecule has 0 spiro atoms. The molecule has 2 nitrogen and oxygen atoms in total. The molecule has 2 atom stereocenters. The minimum atomic E-state index is 0.0500. The quantitative estimate of drug-likeness (QED) is 0.178. The van der Waals surface area contributed by atoms with Gasteiger partial charge in [-0.3, -0.25) is 9.44 Å². The second-order valence-electron chi connectivity index (χ2n) is 7.44. The Hall–Kier alpha value is 1.96. The zero-order chi connectivity index (χ0) is 25.2. The lowest BCUT2D eigenvalue weighted by Gasteiger charge is -2.31. The molecule has 1 aliphatic rings. The van der Waals surface area contributed by atoms with Crippen LogP contribution in [-0.2, 0) is 0 Å². The summed E-state index contributed by atoms with van der Waals surface area (Å²) in [4.78, 5) is 1.03. The first-order valence-corrected chi connectivity index (χ1v) is 15.3. The summed E-state index contributed by atoms with van der Waals surface area (Å²) in [5.41, 5.74) is 0. The van der Waals surface area contributed by atoms with E-state index >= 15 is 0 Å². The summed E-state index contributed by atoms with van der Waals surface area (Å²) >= 11 is 65.2. The molecule has 0 amide bonds. The van der Waals surface area contributed by atoms with E-state index in [2.05, 4.69) is 9.44 Å². The van der Waals surface area contributed by atoms with E-state index in [1.807, 2.05) is 0 Å². The number of hydrogen-bond acceptors (Lipinski definition) is 4. The molecule has 0 aliphatic heterocycles. The number of rotatable bonds is 6. The van der Waals surface area contributed by atoms with Gasteiger partial charge in [0.2, 0.25) is 0 Å². The summed E-state index contributed by atoms with van der Waals surface area (Å²) in [6, 6.07) is 0.0999. The summed E-state index contributed by atoms with van der Waals surface area (Å²) in [6.45, 7) is 0. The van der Waals surface area contributed by atoms with Gasteiger partial charge in [0.25, 0.3) is 0 Å². The van der Waals surface area contributed by atoms with Crippen LogP contribution in [0.2, 0.25) is 50.2 Å². The van der Waals surface area contributed by atoms with Crippen molar-refractivity contribution in [2.45, 2.75) is 60.4 Å². The Kier molecular flexibility index (Phi) is 12.4. The van der Waals surface area contributed by atoms with Gasteiger partial charge in [-0.1, -0.05) is 142 Å². The Morgan fingerprint density at radius 3 is 0.971 bits per heavy atom. The highest BCUT2D eigenvalue weighted by atomic mass is 35.5. The fourth-order valence-corrected chi connectivity index (χ4v) is 8.22. The van der Waals surface area contributed by atoms with Crippen LogP contribution in [0.25, 0.3) is 0 Å². The SMILES string of the molecule is Clc1c(Cl)c(Cl)c(SNC2CCCCCCC2NSc2c(Cl)c(Cl)c(Cl)c(Cl)c2Cl)c(Cl)c1Cl. The smallest absolute Gasteiger partial charge is 0.0809 e. The summed E-state index contributed by atoms with van der Waals surface area (Å²) in [7, 11) is 0. The van der Waals surface area contributed by atoms with Crippen LogP contribution in [0.1, 0.15) is 38.5 Å². The molecule has 0 heterocycles. The third kappa shape index (κ3) is 6.93. The maximum atomic E-state index is 6.40. The molecule has 2 N–H and O–H groups in total. The van der Waals surface area contributed by atoms with Crippen molar-refractivity contribution in [2.75, 3.05) is 0 Å².